The fraction of sp³-hybridized carbons (Fsp3) is 0.433. The number of hydrogen-bond acceptors (Lipinski definition) is 4. The molecule has 2 aromatic heterocycles. The van der Waals surface area contributed by atoms with Gasteiger partial charge in [-0.25, -0.2) is 13.8 Å². The van der Waals surface area contributed by atoms with Crippen molar-refractivity contribution in [2.75, 3.05) is 12.0 Å². The molecule has 2 fully saturated rings. The molecule has 0 spiro atoms. The van der Waals surface area contributed by atoms with Gasteiger partial charge in [-0.1, -0.05) is 6.07 Å². The number of carbonyl (C=O) groups is 1. The molecule has 1 aliphatic carbocycles. The summed E-state index contributed by atoms with van der Waals surface area (Å²) < 4.78 is 37.9. The van der Waals surface area contributed by atoms with Gasteiger partial charge in [-0.05, 0) is 75.8 Å². The fourth-order valence-electron chi connectivity index (χ4n) is 6.39. The van der Waals surface area contributed by atoms with Crippen LogP contribution >= 0.6 is 0 Å². The molecule has 0 unspecified atom stereocenters. The van der Waals surface area contributed by atoms with Crippen molar-refractivity contribution in [3.05, 3.63) is 65.6 Å². The SMILES string of the molecule is COC1CCC(n2c([C@@H]3CCCC(=O)N3c3ccc(F)c(F)c3)nc3cc(-c4cc(C)nn4C)ccc32)CC1. The van der Waals surface area contributed by atoms with E-state index in [1.165, 1.54) is 6.07 Å². The second kappa shape index (κ2) is 10.2. The predicted molar refractivity (Wildman–Crippen MR) is 145 cm³/mol. The third-order valence-electron chi connectivity index (χ3n) is 8.28. The van der Waals surface area contributed by atoms with Crippen LogP contribution in [0, 0.1) is 18.6 Å². The third-order valence-corrected chi connectivity index (χ3v) is 8.28. The number of amides is 1. The van der Waals surface area contributed by atoms with Gasteiger partial charge in [0.25, 0.3) is 0 Å². The highest BCUT2D eigenvalue weighted by Gasteiger charge is 2.36. The van der Waals surface area contributed by atoms with Crippen LogP contribution in [-0.4, -0.2) is 38.5 Å². The van der Waals surface area contributed by atoms with Crippen molar-refractivity contribution in [1.82, 2.24) is 19.3 Å². The average Bonchev–Trinajstić information content (AvgIpc) is 3.48. The van der Waals surface area contributed by atoms with Gasteiger partial charge < -0.3 is 14.2 Å². The van der Waals surface area contributed by atoms with Crippen LogP contribution in [0.1, 0.15) is 68.5 Å². The number of methoxy groups -OCH3 is 1. The van der Waals surface area contributed by atoms with E-state index in [0.29, 0.717) is 24.9 Å². The molecule has 0 N–H and O–H groups in total. The number of halogens is 2. The Morgan fingerprint density at radius 1 is 0.974 bits per heavy atom. The summed E-state index contributed by atoms with van der Waals surface area (Å²) in [7, 11) is 3.69. The number of fused-ring (bicyclic) bond motifs is 1. The molecule has 0 radical (unpaired) electrons. The Bertz CT molecular complexity index is 1540. The van der Waals surface area contributed by atoms with Gasteiger partial charge in [0, 0.05) is 43.9 Å². The van der Waals surface area contributed by atoms with E-state index < -0.39 is 11.6 Å². The predicted octanol–water partition coefficient (Wildman–Crippen LogP) is 6.41. The van der Waals surface area contributed by atoms with Gasteiger partial charge in [0.05, 0.1) is 34.6 Å². The number of carbonyl (C=O) groups excluding carboxylic acids is 1. The lowest BCUT2D eigenvalue weighted by Gasteiger charge is -2.37. The number of nitrogens with zero attached hydrogens (tertiary/aromatic N) is 5. The van der Waals surface area contributed by atoms with E-state index in [1.54, 1.807) is 12.0 Å². The number of aromatic nitrogens is 4. The van der Waals surface area contributed by atoms with E-state index >= 15 is 0 Å². The van der Waals surface area contributed by atoms with E-state index in [4.69, 9.17) is 9.72 Å². The van der Waals surface area contributed by atoms with E-state index in [9.17, 15) is 13.6 Å². The zero-order valence-corrected chi connectivity index (χ0v) is 22.5. The Labute approximate surface area is 226 Å². The largest absolute Gasteiger partial charge is 0.381 e. The Hall–Kier alpha value is -3.59. The quantitative estimate of drug-likeness (QED) is 0.297. The van der Waals surface area contributed by atoms with Crippen LogP contribution in [0.2, 0.25) is 0 Å². The van der Waals surface area contributed by atoms with Crippen LogP contribution in [0.25, 0.3) is 22.3 Å². The van der Waals surface area contributed by atoms with Crippen LogP contribution in [-0.2, 0) is 16.6 Å². The maximum atomic E-state index is 14.3. The van der Waals surface area contributed by atoms with Crippen LogP contribution in [0.3, 0.4) is 0 Å². The molecule has 2 aliphatic rings. The summed E-state index contributed by atoms with van der Waals surface area (Å²) in [5, 5.41) is 4.50. The smallest absolute Gasteiger partial charge is 0.227 e. The zero-order valence-electron chi connectivity index (χ0n) is 22.5. The summed E-state index contributed by atoms with van der Waals surface area (Å²) in [5.74, 6) is -1.21. The molecule has 204 valence electrons. The van der Waals surface area contributed by atoms with Gasteiger partial charge in [-0.15, -0.1) is 0 Å². The first kappa shape index (κ1) is 25.7. The number of rotatable bonds is 5. The maximum absolute atomic E-state index is 14.3. The van der Waals surface area contributed by atoms with E-state index in [-0.39, 0.29) is 24.1 Å². The summed E-state index contributed by atoms with van der Waals surface area (Å²) in [6.07, 6.45) is 5.77. The van der Waals surface area contributed by atoms with E-state index in [1.807, 2.05) is 18.7 Å². The van der Waals surface area contributed by atoms with Crippen molar-refractivity contribution >= 4 is 22.6 Å². The maximum Gasteiger partial charge on any atom is 0.227 e. The first-order valence-electron chi connectivity index (χ1n) is 13.7. The second-order valence-corrected chi connectivity index (χ2v) is 10.8. The molecule has 0 bridgehead atoms. The highest BCUT2D eigenvalue weighted by Crippen LogP contribution is 2.41. The highest BCUT2D eigenvalue weighted by atomic mass is 19.2. The Kier molecular flexibility index (Phi) is 6.71. The molecular formula is C30H33F2N5O2. The molecular weight excluding hydrogens is 500 g/mol. The molecule has 6 rings (SSSR count). The van der Waals surface area contributed by atoms with Gasteiger partial charge in [-0.3, -0.25) is 9.48 Å². The topological polar surface area (TPSA) is 65.2 Å². The van der Waals surface area contributed by atoms with Crippen LogP contribution in [0.4, 0.5) is 14.5 Å². The van der Waals surface area contributed by atoms with Gasteiger partial charge in [-0.2, -0.15) is 5.10 Å². The molecule has 1 atom stereocenters. The first-order chi connectivity index (χ1) is 18.8. The Morgan fingerprint density at radius 3 is 2.46 bits per heavy atom. The highest BCUT2D eigenvalue weighted by molar-refractivity contribution is 5.95. The van der Waals surface area contributed by atoms with Gasteiger partial charge in [0.1, 0.15) is 5.82 Å². The van der Waals surface area contributed by atoms with Crippen LogP contribution in [0.5, 0.6) is 0 Å². The normalized spacial score (nSPS) is 22.1. The van der Waals surface area contributed by atoms with Crippen molar-refractivity contribution in [2.45, 2.75) is 70.1 Å². The second-order valence-electron chi connectivity index (χ2n) is 10.8. The molecule has 1 saturated carbocycles. The lowest BCUT2D eigenvalue weighted by Crippen LogP contribution is -2.40. The number of aryl methyl sites for hydroxylation is 2. The average molecular weight is 534 g/mol. The number of anilines is 1. The molecule has 1 amide bonds. The Balaban J connectivity index is 1.49. The Morgan fingerprint density at radius 2 is 1.77 bits per heavy atom. The number of imidazole rings is 1. The van der Waals surface area contributed by atoms with Gasteiger partial charge >= 0.3 is 0 Å². The number of hydrogen-bond donors (Lipinski definition) is 0. The standard InChI is InChI=1S/C30H33F2N5O2/c1-18-15-28(35(2)34-18)19-7-14-26-25(16-19)33-30(37(26)20-8-11-22(39-3)12-9-20)27-5-4-6-29(38)36(27)21-10-13-23(31)24(32)17-21/h7,10,13-17,20,22,27H,4-6,8-9,11-12H2,1-3H3/t20?,22?,27-/m0/s1. The fourth-order valence-corrected chi connectivity index (χ4v) is 6.39. The lowest BCUT2D eigenvalue weighted by molar-refractivity contribution is -0.120. The summed E-state index contributed by atoms with van der Waals surface area (Å²) in [6, 6.07) is 11.8. The van der Waals surface area contributed by atoms with Crippen molar-refractivity contribution < 1.29 is 18.3 Å². The zero-order chi connectivity index (χ0) is 27.3. The van der Waals surface area contributed by atoms with Crippen molar-refractivity contribution in [1.29, 1.82) is 0 Å². The van der Waals surface area contributed by atoms with E-state index in [2.05, 4.69) is 33.9 Å². The molecule has 2 aromatic carbocycles. The summed E-state index contributed by atoms with van der Waals surface area (Å²) in [5.41, 5.74) is 5.17. The van der Waals surface area contributed by atoms with Crippen molar-refractivity contribution in [3.63, 3.8) is 0 Å². The minimum absolute atomic E-state index is 0.106. The van der Waals surface area contributed by atoms with Crippen molar-refractivity contribution in [2.24, 2.45) is 7.05 Å². The molecule has 1 saturated heterocycles. The molecule has 9 heteroatoms. The third kappa shape index (κ3) is 4.62. The number of ether oxygens (including phenoxy) is 1. The number of piperidine rings is 1. The van der Waals surface area contributed by atoms with Crippen molar-refractivity contribution in [3.8, 4) is 11.3 Å². The van der Waals surface area contributed by atoms with Gasteiger partial charge in [0.2, 0.25) is 5.91 Å². The minimum Gasteiger partial charge on any atom is -0.381 e. The summed E-state index contributed by atoms with van der Waals surface area (Å²) in [4.78, 5) is 20.1. The molecule has 4 aromatic rings. The lowest BCUT2D eigenvalue weighted by atomic mass is 9.91. The molecule has 1 aliphatic heterocycles. The van der Waals surface area contributed by atoms with Gasteiger partial charge in [0.15, 0.2) is 11.6 Å². The van der Waals surface area contributed by atoms with Crippen LogP contribution in [0.15, 0.2) is 42.5 Å². The minimum atomic E-state index is -0.966. The molecule has 3 heterocycles. The van der Waals surface area contributed by atoms with E-state index in [0.717, 1.165) is 71.6 Å². The molecule has 39 heavy (non-hydrogen) atoms. The monoisotopic (exact) mass is 533 g/mol. The van der Waals surface area contributed by atoms with Crippen LogP contribution < -0.4 is 4.90 Å². The molecule has 7 nitrogen and oxygen atoms in total. The number of benzene rings is 2. The summed E-state index contributed by atoms with van der Waals surface area (Å²) >= 11 is 0. The summed E-state index contributed by atoms with van der Waals surface area (Å²) in [6.45, 7) is 1.97. The first-order valence-corrected chi connectivity index (χ1v) is 13.7.